The van der Waals surface area contributed by atoms with E-state index in [0.29, 0.717) is 0 Å². The fraction of sp³-hybridized carbons (Fsp3) is 1.00. The molecule has 2 fully saturated rings. The Kier molecular flexibility index (Phi) is 3.38. The van der Waals surface area contributed by atoms with E-state index >= 15 is 0 Å². The van der Waals surface area contributed by atoms with Crippen molar-refractivity contribution < 1.29 is 0 Å². The van der Waals surface area contributed by atoms with Gasteiger partial charge in [0.2, 0.25) is 0 Å². The molecule has 3 heteroatoms. The SMILES string of the molecule is BrC[C@@H]1CCCN1C1CCSC1. The lowest BCUT2D eigenvalue weighted by molar-refractivity contribution is 0.210. The first-order valence-corrected chi connectivity index (χ1v) is 7.09. The van der Waals surface area contributed by atoms with Gasteiger partial charge in [0.1, 0.15) is 0 Å². The lowest BCUT2D eigenvalue weighted by atomic mass is 10.2. The van der Waals surface area contributed by atoms with Crippen LogP contribution in [0.5, 0.6) is 0 Å². The van der Waals surface area contributed by atoms with E-state index in [1.807, 2.05) is 0 Å². The normalized spacial score (nSPS) is 37.8. The number of hydrogen-bond donors (Lipinski definition) is 0. The number of thioether (sulfide) groups is 1. The van der Waals surface area contributed by atoms with Gasteiger partial charge in [-0.2, -0.15) is 11.8 Å². The molecule has 2 heterocycles. The lowest BCUT2D eigenvalue weighted by Gasteiger charge is -2.28. The van der Waals surface area contributed by atoms with Gasteiger partial charge in [0.15, 0.2) is 0 Å². The molecule has 0 aromatic carbocycles. The van der Waals surface area contributed by atoms with Crippen LogP contribution in [0.1, 0.15) is 19.3 Å². The number of likely N-dealkylation sites (tertiary alicyclic amines) is 1. The highest BCUT2D eigenvalue weighted by Crippen LogP contribution is 2.29. The first-order valence-electron chi connectivity index (χ1n) is 4.81. The molecule has 70 valence electrons. The number of hydrogen-bond acceptors (Lipinski definition) is 2. The molecule has 2 rings (SSSR count). The van der Waals surface area contributed by atoms with E-state index < -0.39 is 0 Å². The van der Waals surface area contributed by atoms with Crippen LogP contribution in [-0.4, -0.2) is 40.4 Å². The van der Waals surface area contributed by atoms with Crippen LogP contribution in [0.25, 0.3) is 0 Å². The Morgan fingerprint density at radius 1 is 1.42 bits per heavy atom. The Morgan fingerprint density at radius 3 is 3.00 bits per heavy atom. The van der Waals surface area contributed by atoms with E-state index in [9.17, 15) is 0 Å². The summed E-state index contributed by atoms with van der Waals surface area (Å²) in [6, 6.07) is 1.74. The van der Waals surface area contributed by atoms with Gasteiger partial charge in [-0.3, -0.25) is 4.90 Å². The number of rotatable bonds is 2. The first kappa shape index (κ1) is 9.35. The van der Waals surface area contributed by atoms with Crippen LogP contribution in [-0.2, 0) is 0 Å². The second kappa shape index (κ2) is 4.34. The highest BCUT2D eigenvalue weighted by molar-refractivity contribution is 9.09. The summed E-state index contributed by atoms with van der Waals surface area (Å²) < 4.78 is 0. The predicted molar refractivity (Wildman–Crippen MR) is 59.3 cm³/mol. The molecule has 1 unspecified atom stereocenters. The Labute approximate surface area is 87.4 Å². The van der Waals surface area contributed by atoms with Crippen molar-refractivity contribution >= 4 is 27.7 Å². The van der Waals surface area contributed by atoms with Gasteiger partial charge in [-0.15, -0.1) is 0 Å². The lowest BCUT2D eigenvalue weighted by Crippen LogP contribution is -2.39. The van der Waals surface area contributed by atoms with Crippen LogP contribution in [0.2, 0.25) is 0 Å². The fourth-order valence-electron chi connectivity index (χ4n) is 2.29. The van der Waals surface area contributed by atoms with E-state index in [-0.39, 0.29) is 0 Å². The van der Waals surface area contributed by atoms with Gasteiger partial charge in [-0.1, -0.05) is 15.9 Å². The monoisotopic (exact) mass is 249 g/mol. The van der Waals surface area contributed by atoms with Crippen LogP contribution in [0.3, 0.4) is 0 Å². The second-order valence-electron chi connectivity index (χ2n) is 3.71. The third-order valence-corrected chi connectivity index (χ3v) is 4.87. The van der Waals surface area contributed by atoms with Crippen LogP contribution in [0.15, 0.2) is 0 Å². The van der Waals surface area contributed by atoms with E-state index in [2.05, 4.69) is 32.6 Å². The van der Waals surface area contributed by atoms with E-state index in [0.717, 1.165) is 12.1 Å². The predicted octanol–water partition coefficient (Wildman–Crippen LogP) is 2.35. The van der Waals surface area contributed by atoms with Crippen LogP contribution in [0.4, 0.5) is 0 Å². The molecule has 0 aliphatic carbocycles. The molecule has 0 amide bonds. The Hall–Kier alpha value is 0.790. The molecule has 0 bridgehead atoms. The van der Waals surface area contributed by atoms with Gasteiger partial charge in [0, 0.05) is 23.2 Å². The molecule has 2 aliphatic rings. The van der Waals surface area contributed by atoms with Crippen LogP contribution in [0, 0.1) is 0 Å². The molecule has 1 nitrogen and oxygen atoms in total. The van der Waals surface area contributed by atoms with Gasteiger partial charge in [0.25, 0.3) is 0 Å². The highest BCUT2D eigenvalue weighted by Gasteiger charge is 2.31. The number of halogens is 1. The second-order valence-corrected chi connectivity index (χ2v) is 5.50. The summed E-state index contributed by atoms with van der Waals surface area (Å²) in [7, 11) is 0. The molecular formula is C9H16BrNS. The zero-order valence-corrected chi connectivity index (χ0v) is 9.74. The van der Waals surface area contributed by atoms with E-state index in [1.54, 1.807) is 0 Å². The molecule has 2 saturated heterocycles. The molecule has 0 saturated carbocycles. The van der Waals surface area contributed by atoms with Gasteiger partial charge in [-0.05, 0) is 31.6 Å². The molecule has 0 spiro atoms. The average molecular weight is 250 g/mol. The third-order valence-electron chi connectivity index (χ3n) is 2.98. The third kappa shape index (κ3) is 1.83. The number of alkyl halides is 1. The zero-order chi connectivity index (χ0) is 8.39. The quantitative estimate of drug-likeness (QED) is 0.692. The van der Waals surface area contributed by atoms with Crippen molar-refractivity contribution in [3.05, 3.63) is 0 Å². The Balaban J connectivity index is 1.92. The Morgan fingerprint density at radius 2 is 2.33 bits per heavy atom. The van der Waals surface area contributed by atoms with Gasteiger partial charge in [-0.25, -0.2) is 0 Å². The minimum Gasteiger partial charge on any atom is -0.296 e. The van der Waals surface area contributed by atoms with Crippen LogP contribution >= 0.6 is 27.7 Å². The summed E-state index contributed by atoms with van der Waals surface area (Å²) in [6.07, 6.45) is 4.25. The molecule has 12 heavy (non-hydrogen) atoms. The van der Waals surface area contributed by atoms with Crippen molar-refractivity contribution in [1.29, 1.82) is 0 Å². The standard InChI is InChI=1S/C9H16BrNS/c10-6-8-2-1-4-11(8)9-3-5-12-7-9/h8-9H,1-7H2/t8-,9?/m0/s1. The first-order chi connectivity index (χ1) is 5.92. The Bertz CT molecular complexity index is 147. The molecule has 0 aromatic rings. The average Bonchev–Trinajstić information content (AvgIpc) is 2.74. The van der Waals surface area contributed by atoms with E-state index in [1.165, 1.54) is 42.6 Å². The van der Waals surface area contributed by atoms with Gasteiger partial charge < -0.3 is 0 Å². The summed E-state index contributed by atoms with van der Waals surface area (Å²) in [6.45, 7) is 1.35. The van der Waals surface area contributed by atoms with Crippen molar-refractivity contribution in [3.63, 3.8) is 0 Å². The molecule has 2 aliphatic heterocycles. The largest absolute Gasteiger partial charge is 0.296 e. The minimum absolute atomic E-state index is 0.841. The summed E-state index contributed by atoms with van der Waals surface area (Å²) >= 11 is 5.74. The van der Waals surface area contributed by atoms with Crippen molar-refractivity contribution in [2.45, 2.75) is 31.3 Å². The molecule has 0 aromatic heterocycles. The molecule has 0 radical (unpaired) electrons. The van der Waals surface area contributed by atoms with Crippen molar-refractivity contribution in [1.82, 2.24) is 4.90 Å². The number of nitrogens with zero attached hydrogens (tertiary/aromatic N) is 1. The maximum Gasteiger partial charge on any atom is 0.0197 e. The summed E-state index contributed by atoms with van der Waals surface area (Å²) in [4.78, 5) is 2.73. The maximum atomic E-state index is 3.62. The maximum absolute atomic E-state index is 3.62. The highest BCUT2D eigenvalue weighted by atomic mass is 79.9. The van der Waals surface area contributed by atoms with E-state index in [4.69, 9.17) is 0 Å². The van der Waals surface area contributed by atoms with Gasteiger partial charge in [0.05, 0.1) is 0 Å². The topological polar surface area (TPSA) is 3.24 Å². The molecule has 0 N–H and O–H groups in total. The van der Waals surface area contributed by atoms with Crippen LogP contribution < -0.4 is 0 Å². The van der Waals surface area contributed by atoms with Crippen molar-refractivity contribution in [2.75, 3.05) is 23.4 Å². The van der Waals surface area contributed by atoms with Crippen molar-refractivity contribution in [3.8, 4) is 0 Å². The van der Waals surface area contributed by atoms with Gasteiger partial charge >= 0.3 is 0 Å². The van der Waals surface area contributed by atoms with Crippen molar-refractivity contribution in [2.24, 2.45) is 0 Å². The summed E-state index contributed by atoms with van der Waals surface area (Å²) in [5.41, 5.74) is 0. The smallest absolute Gasteiger partial charge is 0.0197 e. The minimum atomic E-state index is 0.841. The summed E-state index contributed by atoms with van der Waals surface area (Å²) in [5, 5.41) is 1.17. The zero-order valence-electron chi connectivity index (χ0n) is 7.34. The molecular weight excluding hydrogens is 234 g/mol. The molecule has 2 atom stereocenters. The fourth-order valence-corrected chi connectivity index (χ4v) is 4.22. The summed E-state index contributed by atoms with van der Waals surface area (Å²) in [5.74, 6) is 2.76.